The smallest absolute Gasteiger partial charge is 0.258 e. The number of amides is 1. The molecule has 1 aromatic carbocycles. The molecule has 1 heterocycles. The highest BCUT2D eigenvalue weighted by molar-refractivity contribution is 14.1. The van der Waals surface area contributed by atoms with Crippen LogP contribution >= 0.6 is 57.7 Å². The monoisotopic (exact) mass is 475 g/mol. The second-order valence-corrected chi connectivity index (χ2v) is 7.92. The van der Waals surface area contributed by atoms with Crippen molar-refractivity contribution < 1.29 is 4.79 Å². The maximum absolute atomic E-state index is 12.3. The van der Waals surface area contributed by atoms with Gasteiger partial charge in [0.2, 0.25) is 0 Å². The number of rotatable bonds is 2. The minimum Gasteiger partial charge on any atom is -0.323 e. The Balaban J connectivity index is 2.14. The molecule has 0 atom stereocenters. The number of thiocarbonyl (C=S) groups is 1. The van der Waals surface area contributed by atoms with E-state index < -0.39 is 5.91 Å². The van der Waals surface area contributed by atoms with Crippen LogP contribution in [0.5, 0.6) is 0 Å². The zero-order valence-electron chi connectivity index (χ0n) is 12.2. The molecule has 0 spiro atoms. The van der Waals surface area contributed by atoms with E-state index in [1.807, 2.05) is 19.9 Å². The van der Waals surface area contributed by atoms with Gasteiger partial charge in [-0.15, -0.1) is 11.3 Å². The second kappa shape index (κ2) is 7.57. The predicted octanol–water partition coefficient (Wildman–Crippen LogP) is 4.62. The van der Waals surface area contributed by atoms with E-state index in [2.05, 4.69) is 39.3 Å². The van der Waals surface area contributed by atoms with Crippen LogP contribution in [0.1, 0.15) is 26.4 Å². The number of anilines is 1. The first kappa shape index (κ1) is 18.1. The van der Waals surface area contributed by atoms with E-state index in [9.17, 15) is 10.1 Å². The molecule has 0 saturated heterocycles. The predicted molar refractivity (Wildman–Crippen MR) is 106 cm³/mol. The van der Waals surface area contributed by atoms with E-state index in [0.717, 1.165) is 14.0 Å². The van der Waals surface area contributed by atoms with Gasteiger partial charge in [-0.3, -0.25) is 10.1 Å². The Morgan fingerprint density at radius 1 is 1.43 bits per heavy atom. The number of halogens is 2. The van der Waals surface area contributed by atoms with Crippen molar-refractivity contribution in [1.29, 1.82) is 5.26 Å². The Bertz CT molecular complexity index is 842. The minimum absolute atomic E-state index is 0.127. The third kappa shape index (κ3) is 4.20. The van der Waals surface area contributed by atoms with Crippen molar-refractivity contribution in [1.82, 2.24) is 5.32 Å². The van der Waals surface area contributed by atoms with Gasteiger partial charge in [0.15, 0.2) is 5.11 Å². The lowest BCUT2D eigenvalue weighted by atomic mass is 10.2. The number of nitrogens with one attached hydrogen (secondary N) is 2. The van der Waals surface area contributed by atoms with Gasteiger partial charge < -0.3 is 5.32 Å². The first-order valence-electron chi connectivity index (χ1n) is 6.41. The van der Waals surface area contributed by atoms with Crippen molar-refractivity contribution in [2.75, 3.05) is 5.32 Å². The molecule has 23 heavy (non-hydrogen) atoms. The molecule has 2 rings (SSSR count). The average molecular weight is 476 g/mol. The summed E-state index contributed by atoms with van der Waals surface area (Å²) >= 11 is 14.7. The average Bonchev–Trinajstić information content (AvgIpc) is 2.75. The normalized spacial score (nSPS) is 10.0. The van der Waals surface area contributed by atoms with Gasteiger partial charge in [0, 0.05) is 8.45 Å². The van der Waals surface area contributed by atoms with E-state index in [0.29, 0.717) is 21.2 Å². The molecular weight excluding hydrogens is 465 g/mol. The number of nitriles is 1. The van der Waals surface area contributed by atoms with Crippen molar-refractivity contribution in [3.05, 3.63) is 48.4 Å². The number of nitrogens with zero attached hydrogens (tertiary/aromatic N) is 1. The van der Waals surface area contributed by atoms with Crippen LogP contribution in [0.2, 0.25) is 5.02 Å². The summed E-state index contributed by atoms with van der Waals surface area (Å²) in [5.74, 6) is -0.394. The van der Waals surface area contributed by atoms with E-state index in [4.69, 9.17) is 23.8 Å². The molecule has 2 N–H and O–H groups in total. The second-order valence-electron chi connectivity index (χ2n) is 4.63. The molecular formula is C15H11ClIN3OS2. The molecule has 2 aromatic rings. The summed E-state index contributed by atoms with van der Waals surface area (Å²) in [5, 5.41) is 15.8. The zero-order valence-corrected chi connectivity index (χ0v) is 16.7. The van der Waals surface area contributed by atoms with E-state index in [1.54, 1.807) is 12.1 Å². The number of carbonyl (C=O) groups excluding carboxylic acids is 1. The SMILES string of the molecule is Cc1sc(NC(=S)NC(=O)c2cc(I)ccc2Cl)c(C#N)c1C. The number of aryl methyl sites for hydroxylation is 1. The fourth-order valence-corrected chi connectivity index (χ4v) is 3.80. The molecule has 8 heteroatoms. The van der Waals surface area contributed by atoms with Gasteiger partial charge in [-0.1, -0.05) is 11.6 Å². The largest absolute Gasteiger partial charge is 0.323 e. The van der Waals surface area contributed by atoms with Gasteiger partial charge in [-0.2, -0.15) is 5.26 Å². The Morgan fingerprint density at radius 3 is 2.78 bits per heavy atom. The van der Waals surface area contributed by atoms with Crippen LogP contribution in [0.3, 0.4) is 0 Å². The third-order valence-corrected chi connectivity index (χ3v) is 5.45. The molecule has 1 amide bonds. The van der Waals surface area contributed by atoms with Crippen molar-refractivity contribution >= 4 is 73.8 Å². The number of carbonyl (C=O) groups is 1. The molecule has 4 nitrogen and oxygen atoms in total. The Labute approximate surface area is 162 Å². The van der Waals surface area contributed by atoms with Crippen LogP contribution in [-0.4, -0.2) is 11.0 Å². The maximum Gasteiger partial charge on any atom is 0.258 e. The highest BCUT2D eigenvalue weighted by atomic mass is 127. The molecule has 0 unspecified atom stereocenters. The lowest BCUT2D eigenvalue weighted by Crippen LogP contribution is -2.34. The Kier molecular flexibility index (Phi) is 5.97. The van der Waals surface area contributed by atoms with Crippen LogP contribution in [0.15, 0.2) is 18.2 Å². The summed E-state index contributed by atoms with van der Waals surface area (Å²) in [6.45, 7) is 3.81. The van der Waals surface area contributed by atoms with Crippen molar-refractivity contribution in [2.45, 2.75) is 13.8 Å². The topological polar surface area (TPSA) is 64.9 Å². The van der Waals surface area contributed by atoms with Crippen LogP contribution < -0.4 is 10.6 Å². The Morgan fingerprint density at radius 2 is 2.13 bits per heavy atom. The highest BCUT2D eigenvalue weighted by Crippen LogP contribution is 2.31. The first-order chi connectivity index (χ1) is 10.8. The molecule has 0 fully saturated rings. The van der Waals surface area contributed by atoms with Crippen molar-refractivity contribution in [3.63, 3.8) is 0 Å². The fraction of sp³-hybridized carbons (Fsp3) is 0.133. The molecule has 1 aromatic heterocycles. The molecule has 0 aliphatic heterocycles. The van der Waals surface area contributed by atoms with E-state index >= 15 is 0 Å². The summed E-state index contributed by atoms with van der Waals surface area (Å²) in [7, 11) is 0. The summed E-state index contributed by atoms with van der Waals surface area (Å²) in [6, 6.07) is 7.30. The van der Waals surface area contributed by atoms with Gasteiger partial charge in [-0.05, 0) is 72.4 Å². The van der Waals surface area contributed by atoms with Gasteiger partial charge in [-0.25, -0.2) is 0 Å². The quantitative estimate of drug-likeness (QED) is 0.491. The van der Waals surface area contributed by atoms with Crippen LogP contribution in [0, 0.1) is 28.7 Å². The van der Waals surface area contributed by atoms with Gasteiger partial charge in [0.05, 0.1) is 16.1 Å². The van der Waals surface area contributed by atoms with E-state index in [-0.39, 0.29) is 5.11 Å². The van der Waals surface area contributed by atoms with Gasteiger partial charge in [0.25, 0.3) is 5.91 Å². The lowest BCUT2D eigenvalue weighted by molar-refractivity contribution is 0.0978. The third-order valence-electron chi connectivity index (χ3n) is 3.12. The molecule has 0 saturated carbocycles. The minimum atomic E-state index is -0.394. The molecule has 0 radical (unpaired) electrons. The summed E-state index contributed by atoms with van der Waals surface area (Å²) < 4.78 is 0.896. The van der Waals surface area contributed by atoms with E-state index in [1.165, 1.54) is 11.3 Å². The zero-order chi connectivity index (χ0) is 17.1. The number of benzene rings is 1. The van der Waals surface area contributed by atoms with Crippen LogP contribution in [0.4, 0.5) is 5.00 Å². The van der Waals surface area contributed by atoms with Crippen molar-refractivity contribution in [3.8, 4) is 6.07 Å². The maximum atomic E-state index is 12.3. The molecule has 0 aliphatic rings. The summed E-state index contributed by atoms with van der Waals surface area (Å²) in [5.41, 5.74) is 1.80. The Hall–Kier alpha value is -1.21. The standard InChI is InChI=1S/C15H11ClIN3OS2/c1-7-8(2)23-14(11(7)6-18)20-15(22)19-13(21)10-5-9(17)3-4-12(10)16/h3-5H,1-2H3,(H2,19,20,21,22). The molecule has 118 valence electrons. The molecule has 0 bridgehead atoms. The summed E-state index contributed by atoms with van der Waals surface area (Å²) in [4.78, 5) is 13.3. The van der Waals surface area contributed by atoms with Crippen molar-refractivity contribution in [2.24, 2.45) is 0 Å². The van der Waals surface area contributed by atoms with Gasteiger partial charge in [0.1, 0.15) is 11.1 Å². The number of thiophene rings is 1. The summed E-state index contributed by atoms with van der Waals surface area (Å²) in [6.07, 6.45) is 0. The molecule has 0 aliphatic carbocycles. The van der Waals surface area contributed by atoms with Crippen LogP contribution in [-0.2, 0) is 0 Å². The number of hydrogen-bond acceptors (Lipinski definition) is 4. The van der Waals surface area contributed by atoms with Crippen LogP contribution in [0.25, 0.3) is 0 Å². The number of hydrogen-bond donors (Lipinski definition) is 2. The lowest BCUT2D eigenvalue weighted by Gasteiger charge is -2.09. The fourth-order valence-electron chi connectivity index (χ4n) is 1.83. The first-order valence-corrected chi connectivity index (χ1v) is 9.09. The van der Waals surface area contributed by atoms with Gasteiger partial charge >= 0.3 is 0 Å². The highest BCUT2D eigenvalue weighted by Gasteiger charge is 2.16.